The first-order valence-electron chi connectivity index (χ1n) is 8.94. The minimum Gasteiger partial charge on any atom is -0.493 e. The molecule has 0 radical (unpaired) electrons. The van der Waals surface area contributed by atoms with Crippen LogP contribution >= 0.6 is 11.6 Å². The van der Waals surface area contributed by atoms with Gasteiger partial charge in [-0.2, -0.15) is 0 Å². The number of carbonyl (C=O) groups is 2. The molecule has 1 saturated heterocycles. The lowest BCUT2D eigenvalue weighted by molar-refractivity contribution is -0.138. The van der Waals surface area contributed by atoms with Crippen LogP contribution in [0.3, 0.4) is 0 Å². The van der Waals surface area contributed by atoms with Crippen molar-refractivity contribution >= 4 is 23.5 Å². The second-order valence-electron chi connectivity index (χ2n) is 6.86. The molecule has 2 rings (SSSR count). The third kappa shape index (κ3) is 5.74. The standard InChI is InChI=1S/C19H26ClNO6/c1-12(2)11-27-18-15(20)8-13(9-16(18)25-3)19(24)21(10-17(22)23)14-4-6-26-7-5-14/h8-9,12,14H,4-7,10-11H2,1-3H3,(H,22,23). The van der Waals surface area contributed by atoms with Gasteiger partial charge in [-0.3, -0.25) is 9.59 Å². The molecule has 0 saturated carbocycles. The molecular formula is C19H26ClNO6. The average molecular weight is 400 g/mol. The van der Waals surface area contributed by atoms with Crippen molar-refractivity contribution in [2.75, 3.05) is 33.5 Å². The Labute approximate surface area is 164 Å². The quantitative estimate of drug-likeness (QED) is 0.723. The van der Waals surface area contributed by atoms with E-state index in [4.69, 9.17) is 25.8 Å². The van der Waals surface area contributed by atoms with E-state index in [1.54, 1.807) is 0 Å². The number of halogens is 1. The van der Waals surface area contributed by atoms with E-state index in [9.17, 15) is 14.7 Å². The van der Waals surface area contributed by atoms with E-state index in [2.05, 4.69) is 0 Å². The van der Waals surface area contributed by atoms with E-state index in [1.165, 1.54) is 24.1 Å². The van der Waals surface area contributed by atoms with Gasteiger partial charge in [-0.05, 0) is 30.9 Å². The molecule has 1 aromatic carbocycles. The van der Waals surface area contributed by atoms with Gasteiger partial charge in [0.05, 0.1) is 18.7 Å². The van der Waals surface area contributed by atoms with E-state index in [0.29, 0.717) is 50.1 Å². The highest BCUT2D eigenvalue weighted by atomic mass is 35.5. The van der Waals surface area contributed by atoms with Crippen LogP contribution in [0.1, 0.15) is 37.0 Å². The Morgan fingerprint density at radius 1 is 1.33 bits per heavy atom. The first kappa shape index (κ1) is 21.3. The van der Waals surface area contributed by atoms with Gasteiger partial charge in [-0.25, -0.2) is 0 Å². The predicted octanol–water partition coefficient (Wildman–Crippen LogP) is 3.09. The van der Waals surface area contributed by atoms with Crippen LogP contribution in [0.2, 0.25) is 5.02 Å². The fraction of sp³-hybridized carbons (Fsp3) is 0.579. The monoisotopic (exact) mass is 399 g/mol. The summed E-state index contributed by atoms with van der Waals surface area (Å²) in [5, 5.41) is 9.49. The summed E-state index contributed by atoms with van der Waals surface area (Å²) in [5.41, 5.74) is 0.265. The highest BCUT2D eigenvalue weighted by molar-refractivity contribution is 6.32. The van der Waals surface area contributed by atoms with E-state index in [1.807, 2.05) is 13.8 Å². The van der Waals surface area contributed by atoms with Gasteiger partial charge >= 0.3 is 5.97 Å². The molecule has 1 heterocycles. The van der Waals surface area contributed by atoms with Crippen LogP contribution < -0.4 is 9.47 Å². The van der Waals surface area contributed by atoms with Gasteiger partial charge in [0, 0.05) is 24.8 Å². The number of carboxylic acid groups (broad SMARTS) is 1. The normalized spacial score (nSPS) is 14.9. The Balaban J connectivity index is 2.31. The fourth-order valence-electron chi connectivity index (χ4n) is 2.91. The zero-order chi connectivity index (χ0) is 20.0. The minimum atomic E-state index is -1.07. The van der Waals surface area contributed by atoms with Crippen LogP contribution in [-0.4, -0.2) is 61.4 Å². The third-order valence-electron chi connectivity index (χ3n) is 4.24. The number of amides is 1. The van der Waals surface area contributed by atoms with Gasteiger partial charge in [0.25, 0.3) is 5.91 Å². The average Bonchev–Trinajstić information content (AvgIpc) is 2.64. The summed E-state index contributed by atoms with van der Waals surface area (Å²) in [4.78, 5) is 25.7. The Kier molecular flexibility index (Phi) is 7.74. The van der Waals surface area contributed by atoms with E-state index in [0.717, 1.165) is 0 Å². The molecule has 150 valence electrons. The predicted molar refractivity (Wildman–Crippen MR) is 101 cm³/mol. The Morgan fingerprint density at radius 2 is 2.00 bits per heavy atom. The fourth-order valence-corrected chi connectivity index (χ4v) is 3.17. The van der Waals surface area contributed by atoms with Crippen molar-refractivity contribution in [1.82, 2.24) is 4.90 Å². The van der Waals surface area contributed by atoms with E-state index in [-0.39, 0.29) is 23.2 Å². The molecule has 27 heavy (non-hydrogen) atoms. The van der Waals surface area contributed by atoms with Gasteiger partial charge in [-0.15, -0.1) is 0 Å². The minimum absolute atomic E-state index is 0.191. The number of aliphatic carboxylic acids is 1. The maximum Gasteiger partial charge on any atom is 0.323 e. The van der Waals surface area contributed by atoms with E-state index >= 15 is 0 Å². The number of carboxylic acids is 1. The molecule has 0 unspecified atom stereocenters. The molecule has 1 aliphatic heterocycles. The lowest BCUT2D eigenvalue weighted by atomic mass is 10.0. The van der Waals surface area contributed by atoms with Gasteiger partial charge < -0.3 is 24.2 Å². The number of carbonyl (C=O) groups excluding carboxylic acids is 1. The number of nitrogens with zero attached hydrogens (tertiary/aromatic N) is 1. The SMILES string of the molecule is COc1cc(C(=O)N(CC(=O)O)C2CCOCC2)cc(Cl)c1OCC(C)C. The zero-order valence-electron chi connectivity index (χ0n) is 15.9. The van der Waals surface area contributed by atoms with Crippen molar-refractivity contribution in [2.24, 2.45) is 5.92 Å². The Bertz CT molecular complexity index is 672. The van der Waals surface area contributed by atoms with E-state index < -0.39 is 11.9 Å². The number of rotatable bonds is 8. The molecule has 1 aromatic rings. The van der Waals surface area contributed by atoms with Crippen LogP contribution in [0, 0.1) is 5.92 Å². The summed E-state index contributed by atoms with van der Waals surface area (Å²) >= 11 is 6.32. The van der Waals surface area contributed by atoms with Gasteiger partial charge in [0.2, 0.25) is 0 Å². The molecule has 0 bridgehead atoms. The summed E-state index contributed by atoms with van der Waals surface area (Å²) in [6.07, 6.45) is 1.19. The summed E-state index contributed by atoms with van der Waals surface area (Å²) in [6, 6.07) is 2.85. The molecule has 1 aliphatic rings. The molecule has 1 N–H and O–H groups in total. The molecule has 1 fully saturated rings. The molecule has 0 aliphatic carbocycles. The van der Waals surface area contributed by atoms with Gasteiger partial charge in [0.15, 0.2) is 11.5 Å². The molecule has 0 aromatic heterocycles. The maximum atomic E-state index is 13.0. The van der Waals surface area contributed by atoms with Crippen molar-refractivity contribution in [3.63, 3.8) is 0 Å². The molecule has 7 nitrogen and oxygen atoms in total. The Hall–Kier alpha value is -1.99. The topological polar surface area (TPSA) is 85.3 Å². The van der Waals surface area contributed by atoms with Crippen molar-refractivity contribution in [2.45, 2.75) is 32.7 Å². The second kappa shape index (κ2) is 9.80. The van der Waals surface area contributed by atoms with Crippen LogP contribution in [0.5, 0.6) is 11.5 Å². The number of ether oxygens (including phenoxy) is 3. The van der Waals surface area contributed by atoms with Crippen molar-refractivity contribution in [3.05, 3.63) is 22.7 Å². The maximum absolute atomic E-state index is 13.0. The molecular weight excluding hydrogens is 374 g/mol. The summed E-state index contributed by atoms with van der Waals surface area (Å²) in [6.45, 7) is 5.09. The highest BCUT2D eigenvalue weighted by Gasteiger charge is 2.29. The second-order valence-corrected chi connectivity index (χ2v) is 7.27. The summed E-state index contributed by atoms with van der Waals surface area (Å²) < 4.78 is 16.4. The summed E-state index contributed by atoms with van der Waals surface area (Å²) in [5.74, 6) is -0.453. The summed E-state index contributed by atoms with van der Waals surface area (Å²) in [7, 11) is 1.47. The lowest BCUT2D eigenvalue weighted by Gasteiger charge is -2.33. The van der Waals surface area contributed by atoms with Crippen molar-refractivity contribution in [3.8, 4) is 11.5 Å². The first-order valence-corrected chi connectivity index (χ1v) is 9.32. The molecule has 8 heteroatoms. The number of hydrogen-bond acceptors (Lipinski definition) is 5. The van der Waals surface area contributed by atoms with Crippen LogP contribution in [-0.2, 0) is 9.53 Å². The van der Waals surface area contributed by atoms with Crippen molar-refractivity contribution in [1.29, 1.82) is 0 Å². The highest BCUT2D eigenvalue weighted by Crippen LogP contribution is 2.37. The van der Waals surface area contributed by atoms with Crippen LogP contribution in [0.4, 0.5) is 0 Å². The van der Waals surface area contributed by atoms with Gasteiger partial charge in [-0.1, -0.05) is 25.4 Å². The van der Waals surface area contributed by atoms with Crippen LogP contribution in [0.25, 0.3) is 0 Å². The third-order valence-corrected chi connectivity index (χ3v) is 4.52. The molecule has 1 amide bonds. The first-order chi connectivity index (χ1) is 12.8. The molecule has 0 spiro atoms. The number of benzene rings is 1. The Morgan fingerprint density at radius 3 is 2.56 bits per heavy atom. The van der Waals surface area contributed by atoms with Crippen molar-refractivity contribution < 1.29 is 28.9 Å². The van der Waals surface area contributed by atoms with Gasteiger partial charge in [0.1, 0.15) is 6.54 Å². The largest absolute Gasteiger partial charge is 0.493 e. The number of methoxy groups -OCH3 is 1. The lowest BCUT2D eigenvalue weighted by Crippen LogP contribution is -2.46. The molecule has 0 atom stereocenters. The van der Waals surface area contributed by atoms with Crippen LogP contribution in [0.15, 0.2) is 12.1 Å². The smallest absolute Gasteiger partial charge is 0.323 e. The number of hydrogen-bond donors (Lipinski definition) is 1. The zero-order valence-corrected chi connectivity index (χ0v) is 16.6.